The number of aromatic hydroxyl groups is 2. The molecule has 152 valence electrons. The van der Waals surface area contributed by atoms with E-state index in [1.54, 1.807) is 24.3 Å². The van der Waals surface area contributed by atoms with Gasteiger partial charge in [-0.25, -0.2) is 10.9 Å². The Bertz CT molecular complexity index is 932. The van der Waals surface area contributed by atoms with Gasteiger partial charge in [0.05, 0.1) is 21.4 Å². The maximum atomic E-state index is 11.8. The van der Waals surface area contributed by atoms with Crippen molar-refractivity contribution in [2.75, 3.05) is 0 Å². The molecule has 2 aromatic rings. The van der Waals surface area contributed by atoms with Crippen molar-refractivity contribution < 1.29 is 19.8 Å². The molecule has 0 spiro atoms. The maximum absolute atomic E-state index is 11.8. The summed E-state index contributed by atoms with van der Waals surface area (Å²) in [6.45, 7) is 0. The van der Waals surface area contributed by atoms with Crippen LogP contribution in [0.5, 0.6) is 11.5 Å². The fourth-order valence-corrected chi connectivity index (χ4v) is 4.46. The minimum Gasteiger partial charge on any atom is -0.506 e. The molecule has 0 heterocycles. The second-order valence-electron chi connectivity index (χ2n) is 5.41. The van der Waals surface area contributed by atoms with Crippen molar-refractivity contribution in [3.05, 3.63) is 53.3 Å². The Balaban J connectivity index is 1.88. The van der Waals surface area contributed by atoms with Crippen LogP contribution in [0.15, 0.2) is 52.4 Å². The first-order valence-electron chi connectivity index (χ1n) is 7.67. The zero-order valence-electron chi connectivity index (χ0n) is 14.3. The number of nitrogens with one attached hydrogen (secondary N) is 2. The molecule has 2 rings (SSSR count). The Morgan fingerprint density at radius 3 is 1.55 bits per heavy atom. The summed E-state index contributed by atoms with van der Waals surface area (Å²) in [5.41, 5.74) is 5.09. The van der Waals surface area contributed by atoms with Gasteiger partial charge in [-0.15, -0.1) is 0 Å². The number of hydrazone groups is 2. The number of phenolic OH excluding ortho intramolecular Hbond substituents is 2. The molecule has 4 N–H and O–H groups in total. The summed E-state index contributed by atoms with van der Waals surface area (Å²) in [5, 5.41) is 27.2. The lowest BCUT2D eigenvalue weighted by Crippen LogP contribution is -2.27. The van der Waals surface area contributed by atoms with Crippen LogP contribution < -0.4 is 10.9 Å². The molecule has 29 heavy (non-hydrogen) atoms. The van der Waals surface area contributed by atoms with Crippen molar-refractivity contribution in [1.29, 1.82) is 0 Å². The average Bonchev–Trinajstić information content (AvgIpc) is 2.62. The van der Waals surface area contributed by atoms with Crippen molar-refractivity contribution >= 4 is 88.0 Å². The van der Waals surface area contributed by atoms with E-state index in [-0.39, 0.29) is 11.5 Å². The van der Waals surface area contributed by atoms with Gasteiger partial charge in [0.2, 0.25) is 11.8 Å². The van der Waals surface area contributed by atoms with E-state index in [4.69, 9.17) is 0 Å². The minimum absolute atomic E-state index is 0.0410. The topological polar surface area (TPSA) is 123 Å². The van der Waals surface area contributed by atoms with Crippen molar-refractivity contribution in [1.82, 2.24) is 10.9 Å². The predicted molar refractivity (Wildman–Crippen MR) is 123 cm³/mol. The molecule has 0 aromatic heterocycles. The van der Waals surface area contributed by atoms with E-state index in [9.17, 15) is 19.8 Å². The summed E-state index contributed by atoms with van der Waals surface area (Å²) >= 11 is 12.9. The largest absolute Gasteiger partial charge is 0.506 e. The number of nitrogens with zero attached hydrogens (tertiary/aromatic N) is 2. The zero-order chi connectivity index (χ0) is 21.6. The van der Waals surface area contributed by atoms with Crippen LogP contribution >= 0.6 is 63.7 Å². The molecular weight excluding hydrogens is 644 g/mol. The molecule has 0 saturated heterocycles. The summed E-state index contributed by atoms with van der Waals surface area (Å²) in [5.74, 6) is -1.42. The molecule has 0 radical (unpaired) electrons. The van der Waals surface area contributed by atoms with Gasteiger partial charge in [-0.05, 0) is 56.1 Å². The third-order valence-electron chi connectivity index (χ3n) is 3.22. The van der Waals surface area contributed by atoms with Crippen LogP contribution in [0.2, 0.25) is 0 Å². The maximum Gasteiger partial charge on any atom is 0.249 e. The lowest BCUT2D eigenvalue weighted by atomic mass is 10.2. The third-order valence-corrected chi connectivity index (χ3v) is 5.35. The molecule has 12 heteroatoms. The molecule has 0 aliphatic heterocycles. The Morgan fingerprint density at radius 2 is 1.17 bits per heavy atom. The van der Waals surface area contributed by atoms with Gasteiger partial charge in [-0.2, -0.15) is 10.2 Å². The number of amides is 2. The Hall–Kier alpha value is -1.76. The fraction of sp³-hybridized carbons (Fsp3) is 0.0588. The quantitative estimate of drug-likeness (QED) is 0.212. The van der Waals surface area contributed by atoms with Crippen molar-refractivity contribution in [3.63, 3.8) is 0 Å². The molecule has 8 nitrogen and oxygen atoms in total. The van der Waals surface area contributed by atoms with E-state index in [0.29, 0.717) is 29.0 Å². The number of rotatable bonds is 6. The standard InChI is InChI=1S/C17H12Br4N4O4/c18-10-1-8(16(28)12(20)3-10)6-22-24-14(26)5-15(27)25-23-7-9-2-11(19)4-13(21)17(9)29/h1-4,6-7,28-29H,5H2,(H,24,26)(H,25,27)/b22-6+,23-7+. The highest BCUT2D eigenvalue weighted by molar-refractivity contribution is 9.11. The van der Waals surface area contributed by atoms with Gasteiger partial charge in [0.25, 0.3) is 0 Å². The second kappa shape index (κ2) is 10.9. The Kier molecular flexibility index (Phi) is 8.80. The van der Waals surface area contributed by atoms with Crippen LogP contribution in [0.25, 0.3) is 0 Å². The lowest BCUT2D eigenvalue weighted by Gasteiger charge is -2.04. The summed E-state index contributed by atoms with van der Waals surface area (Å²) in [6, 6.07) is 6.52. The molecule has 0 saturated carbocycles. The predicted octanol–water partition coefficient (Wildman–Crippen LogP) is 4.14. The second-order valence-corrected chi connectivity index (χ2v) is 8.95. The van der Waals surface area contributed by atoms with Crippen molar-refractivity contribution in [3.8, 4) is 11.5 Å². The fourth-order valence-electron chi connectivity index (χ4n) is 1.94. The SMILES string of the molecule is O=C(CC(=O)N/N=C/c1cc(Br)cc(Br)c1O)N/N=C/c1cc(Br)cc(Br)c1O. The highest BCUT2D eigenvalue weighted by Crippen LogP contribution is 2.31. The van der Waals surface area contributed by atoms with E-state index in [1.807, 2.05) is 0 Å². The van der Waals surface area contributed by atoms with Crippen LogP contribution in [-0.2, 0) is 9.59 Å². The van der Waals surface area contributed by atoms with Crippen LogP contribution in [0.1, 0.15) is 17.5 Å². The number of hydrogen-bond acceptors (Lipinski definition) is 6. The highest BCUT2D eigenvalue weighted by Gasteiger charge is 2.09. The summed E-state index contributed by atoms with van der Waals surface area (Å²) < 4.78 is 2.33. The third kappa shape index (κ3) is 7.21. The highest BCUT2D eigenvalue weighted by atomic mass is 79.9. The zero-order valence-corrected chi connectivity index (χ0v) is 20.6. The molecule has 0 unspecified atom stereocenters. The average molecular weight is 656 g/mol. The van der Waals surface area contributed by atoms with E-state index in [1.165, 1.54) is 12.4 Å². The lowest BCUT2D eigenvalue weighted by molar-refractivity contribution is -0.129. The molecule has 0 aliphatic carbocycles. The van der Waals surface area contributed by atoms with Crippen LogP contribution in [-0.4, -0.2) is 34.5 Å². The van der Waals surface area contributed by atoms with Crippen LogP contribution in [0.3, 0.4) is 0 Å². The number of carbonyl (C=O) groups excluding carboxylic acids is 2. The first-order chi connectivity index (χ1) is 13.7. The summed E-state index contributed by atoms with van der Waals surface area (Å²) in [7, 11) is 0. The molecular formula is C17H12Br4N4O4. The molecule has 0 bridgehead atoms. The van der Waals surface area contributed by atoms with Gasteiger partial charge < -0.3 is 10.2 Å². The van der Waals surface area contributed by atoms with Gasteiger partial charge in [-0.3, -0.25) is 9.59 Å². The molecule has 0 atom stereocenters. The van der Waals surface area contributed by atoms with E-state index in [0.717, 1.165) is 0 Å². The number of carbonyl (C=O) groups is 2. The molecule has 0 aliphatic rings. The van der Waals surface area contributed by atoms with E-state index in [2.05, 4.69) is 84.8 Å². The Labute approximate surface area is 199 Å². The number of phenols is 2. The van der Waals surface area contributed by atoms with Gasteiger partial charge in [0.1, 0.15) is 17.9 Å². The number of hydrogen-bond donors (Lipinski definition) is 4. The van der Waals surface area contributed by atoms with Gasteiger partial charge >= 0.3 is 0 Å². The minimum atomic E-state index is -0.671. The van der Waals surface area contributed by atoms with Gasteiger partial charge in [0.15, 0.2) is 0 Å². The summed E-state index contributed by atoms with van der Waals surface area (Å²) in [4.78, 5) is 23.5. The summed E-state index contributed by atoms with van der Waals surface area (Å²) in [6.07, 6.45) is 1.97. The first-order valence-corrected chi connectivity index (χ1v) is 10.8. The number of halogens is 4. The van der Waals surface area contributed by atoms with Gasteiger partial charge in [0, 0.05) is 20.1 Å². The van der Waals surface area contributed by atoms with Crippen molar-refractivity contribution in [2.45, 2.75) is 6.42 Å². The van der Waals surface area contributed by atoms with Crippen LogP contribution in [0.4, 0.5) is 0 Å². The van der Waals surface area contributed by atoms with E-state index >= 15 is 0 Å². The van der Waals surface area contributed by atoms with Gasteiger partial charge in [-0.1, -0.05) is 31.9 Å². The van der Waals surface area contributed by atoms with Crippen LogP contribution in [0, 0.1) is 0 Å². The molecule has 2 aromatic carbocycles. The normalized spacial score (nSPS) is 11.2. The monoisotopic (exact) mass is 652 g/mol. The number of benzene rings is 2. The van der Waals surface area contributed by atoms with Crippen molar-refractivity contribution in [2.24, 2.45) is 10.2 Å². The first kappa shape index (κ1) is 23.5. The molecule has 0 fully saturated rings. The smallest absolute Gasteiger partial charge is 0.249 e. The Morgan fingerprint density at radius 1 is 0.793 bits per heavy atom. The molecule has 2 amide bonds. The van der Waals surface area contributed by atoms with E-state index < -0.39 is 18.2 Å².